The van der Waals surface area contributed by atoms with Gasteiger partial charge in [0.1, 0.15) is 5.82 Å². The lowest BCUT2D eigenvalue weighted by Gasteiger charge is -2.40. The van der Waals surface area contributed by atoms with E-state index in [4.69, 9.17) is 0 Å². The molecule has 0 aliphatic carbocycles. The highest BCUT2D eigenvalue weighted by Gasteiger charge is 2.40. The monoisotopic (exact) mass is 1090 g/mol. The fourth-order valence-corrected chi connectivity index (χ4v) is 12.9. The Morgan fingerprint density at radius 2 is 0.908 bits per heavy atom. The smallest absolute Gasteiger partial charge is 0.296 e. The molecule has 23 heteroatoms. The number of halogens is 7. The third-order valence-electron chi connectivity index (χ3n) is 13.0. The fourth-order valence-electron chi connectivity index (χ4n) is 9.38. The average Bonchev–Trinajstić information content (AvgIpc) is 3.99. The van der Waals surface area contributed by atoms with Crippen LogP contribution in [0, 0.1) is 23.6 Å². The quantitative estimate of drug-likeness (QED) is 0.138. The fraction of sp³-hybridized carbons (Fsp3) is 0.245. The van der Waals surface area contributed by atoms with Gasteiger partial charge in [0.25, 0.3) is 20.0 Å². The van der Waals surface area contributed by atoms with Gasteiger partial charge in [0.15, 0.2) is 11.6 Å². The molecule has 0 amide bonds. The summed E-state index contributed by atoms with van der Waals surface area (Å²) in [5.74, 6) is -2.46. The summed E-state index contributed by atoms with van der Waals surface area (Å²) in [4.78, 5) is 27.0. The molecule has 2 aliphatic heterocycles. The van der Waals surface area contributed by atoms with E-state index in [2.05, 4.69) is 29.3 Å². The number of hydrogen-bond donors (Lipinski definition) is 2. The van der Waals surface area contributed by atoms with Gasteiger partial charge in [0.2, 0.25) is 0 Å². The first-order valence-corrected chi connectivity index (χ1v) is 26.1. The molecule has 0 bridgehead atoms. The van der Waals surface area contributed by atoms with Crippen molar-refractivity contribution >= 4 is 31.4 Å². The molecule has 4 heterocycles. The number of alkyl halides is 6. The van der Waals surface area contributed by atoms with Crippen LogP contribution in [0.2, 0.25) is 0 Å². The number of H-pyrrole nitrogens is 2. The van der Waals surface area contributed by atoms with Crippen LogP contribution < -0.4 is 20.1 Å². The molecule has 0 saturated carbocycles. The van der Waals surface area contributed by atoms with E-state index in [1.165, 1.54) is 57.1 Å². The Labute approximate surface area is 429 Å². The highest BCUT2D eigenvalue weighted by atomic mass is 32.2. The molecule has 0 unspecified atom stereocenters. The summed E-state index contributed by atoms with van der Waals surface area (Å²) in [5.41, 5.74) is 3.56. The Kier molecular flexibility index (Phi) is 13.3. The van der Waals surface area contributed by atoms with Crippen molar-refractivity contribution in [3.8, 4) is 45.0 Å². The maximum Gasteiger partial charge on any atom is 0.439 e. The number of rotatable bonds is 8. The van der Waals surface area contributed by atoms with E-state index < -0.39 is 71.7 Å². The largest absolute Gasteiger partial charge is 0.439 e. The predicted molar refractivity (Wildman–Crippen MR) is 268 cm³/mol. The zero-order valence-electron chi connectivity index (χ0n) is 40.9. The number of hydrogen-bond acceptors (Lipinski definition) is 10. The Bertz CT molecular complexity index is 3630. The molecular formula is C53H45F7N6O8S2. The first kappa shape index (κ1) is 53.1. The van der Waals surface area contributed by atoms with Crippen LogP contribution in [0.15, 0.2) is 150 Å². The van der Waals surface area contributed by atoms with E-state index in [0.29, 0.717) is 63.2 Å². The van der Waals surface area contributed by atoms with Crippen LogP contribution in [0.5, 0.6) is 0 Å². The molecule has 0 atom stereocenters. The van der Waals surface area contributed by atoms with E-state index in [0.717, 1.165) is 35.9 Å². The zero-order valence-corrected chi connectivity index (χ0v) is 42.5. The van der Waals surface area contributed by atoms with Gasteiger partial charge in [-0.15, -0.1) is 0 Å². The Morgan fingerprint density at radius 3 is 1.28 bits per heavy atom. The van der Waals surface area contributed by atoms with E-state index in [1.807, 2.05) is 33.8 Å². The van der Waals surface area contributed by atoms with Crippen molar-refractivity contribution in [3.05, 3.63) is 176 Å². The minimum atomic E-state index is -4.45. The second-order valence-corrected chi connectivity index (χ2v) is 23.8. The van der Waals surface area contributed by atoms with Crippen LogP contribution in [-0.4, -0.2) is 50.2 Å². The van der Waals surface area contributed by atoms with E-state index in [-0.39, 0.29) is 40.1 Å². The van der Waals surface area contributed by atoms with Gasteiger partial charge in [-0.2, -0.15) is 26.3 Å². The SMILES string of the molecule is CC1(C)Cc2cc(-c3ccc(C(F)(F)F)cc3)ccc2N(S(=O)(=O)c2ccc(-c3noc(=O)[nH]3)c(F)c2)C1.Cc1cc(S(=O)(=O)N2CC(C)(C)Cc3cc(-c4ccc(C(F)(F)F)cc4)ccc32)ccc1-c1noc(=O)[nH]1. The summed E-state index contributed by atoms with van der Waals surface area (Å²) < 4.78 is 159. The van der Waals surface area contributed by atoms with Crippen LogP contribution in [0.4, 0.5) is 42.1 Å². The predicted octanol–water partition coefficient (Wildman–Crippen LogP) is 11.4. The minimum absolute atomic E-state index is 0.0834. The molecule has 2 aromatic heterocycles. The number of fused-ring (bicyclic) bond motifs is 2. The molecule has 8 aromatic rings. The van der Waals surface area contributed by atoms with Gasteiger partial charge in [0, 0.05) is 18.7 Å². The van der Waals surface area contributed by atoms with Crippen molar-refractivity contribution < 1.29 is 56.6 Å². The molecule has 0 radical (unpaired) electrons. The van der Waals surface area contributed by atoms with Gasteiger partial charge in [-0.25, -0.2) is 30.8 Å². The van der Waals surface area contributed by atoms with Crippen molar-refractivity contribution in [3.63, 3.8) is 0 Å². The Morgan fingerprint density at radius 1 is 0.526 bits per heavy atom. The number of aromatic nitrogens is 4. The van der Waals surface area contributed by atoms with Crippen LogP contribution in [0.3, 0.4) is 0 Å². The molecule has 14 nitrogen and oxygen atoms in total. The maximum atomic E-state index is 14.9. The first-order valence-electron chi connectivity index (χ1n) is 23.2. The highest BCUT2D eigenvalue weighted by Crippen LogP contribution is 2.44. The van der Waals surface area contributed by atoms with Crippen LogP contribution >= 0.6 is 0 Å². The second-order valence-electron chi connectivity index (χ2n) is 20.0. The van der Waals surface area contributed by atoms with Gasteiger partial charge in [-0.05, 0) is 154 Å². The summed E-state index contributed by atoms with van der Waals surface area (Å²) in [6.07, 6.45) is -7.75. The standard InChI is InChI=1S/C27H24F3N3O4S.C26H21F4N3O4S/c1-16-12-21(9-10-22(16)24-31-25(34)37-32-24)38(35,36)33-15-26(2,3)14-19-13-18(6-11-23(19)33)17-4-7-20(8-5-17)27(28,29)30;1-25(2)13-17-11-16(15-3-6-18(7-4-15)26(28,29)30)5-10-22(17)33(14-25)38(35,36)19-8-9-20(21(27)12-19)23-31-24(34)37-32-23/h4-13H,14-15H2,1-3H3,(H,31,32,34);3-12H,13-14H2,1-2H3,(H,31,32,34). The van der Waals surface area contributed by atoms with Crippen molar-refractivity contribution in [2.24, 2.45) is 10.8 Å². The second kappa shape index (κ2) is 19.1. The number of benzene rings is 6. The molecule has 10 rings (SSSR count). The average molecular weight is 1090 g/mol. The van der Waals surface area contributed by atoms with Gasteiger partial charge < -0.3 is 0 Å². The third kappa shape index (κ3) is 10.7. The Balaban J connectivity index is 0.000000186. The number of aryl methyl sites for hydroxylation is 1. The number of anilines is 2. The van der Waals surface area contributed by atoms with E-state index >= 15 is 0 Å². The highest BCUT2D eigenvalue weighted by molar-refractivity contribution is 7.93. The van der Waals surface area contributed by atoms with Gasteiger partial charge in [0.05, 0.1) is 37.9 Å². The number of nitrogens with zero attached hydrogens (tertiary/aromatic N) is 4. The molecule has 396 valence electrons. The van der Waals surface area contributed by atoms with E-state index in [1.54, 1.807) is 43.3 Å². The lowest BCUT2D eigenvalue weighted by atomic mass is 9.81. The maximum absolute atomic E-state index is 14.9. The molecule has 0 fully saturated rings. The van der Waals surface area contributed by atoms with Crippen molar-refractivity contribution in [2.75, 3.05) is 21.7 Å². The third-order valence-corrected chi connectivity index (χ3v) is 16.5. The van der Waals surface area contributed by atoms with Crippen molar-refractivity contribution in [1.82, 2.24) is 20.3 Å². The summed E-state index contributed by atoms with van der Waals surface area (Å²) in [6, 6.07) is 27.8. The van der Waals surface area contributed by atoms with E-state index in [9.17, 15) is 57.2 Å². The van der Waals surface area contributed by atoms with Crippen LogP contribution in [-0.2, 0) is 45.2 Å². The normalized spacial score (nSPS) is 15.4. The summed E-state index contributed by atoms with van der Waals surface area (Å²) in [6.45, 7) is 9.83. The summed E-state index contributed by atoms with van der Waals surface area (Å²) in [5, 5.41) is 7.10. The number of nitrogens with one attached hydrogen (secondary N) is 2. The molecule has 76 heavy (non-hydrogen) atoms. The van der Waals surface area contributed by atoms with Gasteiger partial charge >= 0.3 is 23.9 Å². The lowest BCUT2D eigenvalue weighted by molar-refractivity contribution is -0.138. The van der Waals surface area contributed by atoms with Gasteiger partial charge in [-0.3, -0.25) is 27.6 Å². The minimum Gasteiger partial charge on any atom is -0.296 e. The zero-order chi connectivity index (χ0) is 54.9. The van der Waals surface area contributed by atoms with Crippen LogP contribution in [0.1, 0.15) is 55.5 Å². The molecule has 0 spiro atoms. The molecule has 2 N–H and O–H groups in total. The molecule has 2 aliphatic rings. The summed E-state index contributed by atoms with van der Waals surface area (Å²) in [7, 11) is -8.18. The molecule has 6 aromatic carbocycles. The van der Waals surface area contributed by atoms with Crippen molar-refractivity contribution in [2.45, 2.75) is 69.6 Å². The summed E-state index contributed by atoms with van der Waals surface area (Å²) >= 11 is 0. The van der Waals surface area contributed by atoms with Gasteiger partial charge in [-0.1, -0.05) is 74.4 Å². The first-order chi connectivity index (χ1) is 35.5. The Hall–Kier alpha value is -7.79. The lowest BCUT2D eigenvalue weighted by Crippen LogP contribution is -2.44. The molecular weight excluding hydrogens is 1050 g/mol. The van der Waals surface area contributed by atoms with Crippen molar-refractivity contribution in [1.29, 1.82) is 0 Å². The molecule has 0 saturated heterocycles. The number of aromatic amines is 2. The topological polar surface area (TPSA) is 193 Å². The number of sulfonamides is 2. The van der Waals surface area contributed by atoms with Crippen LogP contribution in [0.25, 0.3) is 45.0 Å².